The zero-order valence-corrected chi connectivity index (χ0v) is 18.0. The van der Waals surface area contributed by atoms with E-state index in [4.69, 9.17) is 9.84 Å². The van der Waals surface area contributed by atoms with Gasteiger partial charge in [-0.2, -0.15) is 0 Å². The fraction of sp³-hybridized carbons (Fsp3) is 0.400. The number of hydrogen-bond acceptors (Lipinski definition) is 5. The number of benzene rings is 2. The molecule has 0 spiro atoms. The molecule has 2 unspecified atom stereocenters. The predicted octanol–water partition coefficient (Wildman–Crippen LogP) is 2.07. The number of hydrogen-bond donors (Lipinski definition) is 3. The Kier molecular flexibility index (Phi) is 5.54. The van der Waals surface area contributed by atoms with Crippen LogP contribution in [0.15, 0.2) is 48.5 Å². The van der Waals surface area contributed by atoms with Crippen molar-refractivity contribution in [2.45, 2.75) is 18.4 Å². The van der Waals surface area contributed by atoms with Crippen molar-refractivity contribution in [3.63, 3.8) is 0 Å². The standard InChI is InChI=1S/C25H26N2O6/c28-14(9-22(29)27-11-19-20(12-27)23(19)24(30)31)10-26-25(32)33-13-21-17-7-3-1-5-15(17)16-6-2-4-8-18(16)21/h1-8,14,19-21,23,28H,9-13H2,(H,26,32)(H,30,31)/t14?,19-,20+,23?. The number of likely N-dealkylation sites (tertiary alicyclic amines) is 1. The maximum absolute atomic E-state index is 12.4. The number of aliphatic hydroxyl groups is 1. The van der Waals surface area contributed by atoms with Crippen molar-refractivity contribution in [1.82, 2.24) is 10.2 Å². The zero-order chi connectivity index (χ0) is 23.1. The van der Waals surface area contributed by atoms with Gasteiger partial charge in [0.2, 0.25) is 5.91 Å². The first-order valence-electron chi connectivity index (χ1n) is 11.2. The van der Waals surface area contributed by atoms with Gasteiger partial charge in [0.1, 0.15) is 6.61 Å². The van der Waals surface area contributed by atoms with Gasteiger partial charge in [-0.15, -0.1) is 0 Å². The molecule has 2 aromatic rings. The topological polar surface area (TPSA) is 116 Å². The van der Waals surface area contributed by atoms with Crippen LogP contribution >= 0.6 is 0 Å². The highest BCUT2D eigenvalue weighted by molar-refractivity contribution is 5.80. The highest BCUT2D eigenvalue weighted by Crippen LogP contribution is 2.51. The molecule has 1 saturated carbocycles. The van der Waals surface area contributed by atoms with E-state index < -0.39 is 18.2 Å². The van der Waals surface area contributed by atoms with Gasteiger partial charge in [-0.05, 0) is 34.1 Å². The molecule has 8 nitrogen and oxygen atoms in total. The lowest BCUT2D eigenvalue weighted by atomic mass is 9.98. The van der Waals surface area contributed by atoms with Crippen LogP contribution in [0.3, 0.4) is 0 Å². The highest BCUT2D eigenvalue weighted by Gasteiger charge is 2.60. The summed E-state index contributed by atoms with van der Waals surface area (Å²) >= 11 is 0. The van der Waals surface area contributed by atoms with Crippen molar-refractivity contribution in [3.8, 4) is 11.1 Å². The van der Waals surface area contributed by atoms with Crippen molar-refractivity contribution in [3.05, 3.63) is 59.7 Å². The first-order valence-corrected chi connectivity index (χ1v) is 11.2. The lowest BCUT2D eigenvalue weighted by Crippen LogP contribution is -2.38. The minimum Gasteiger partial charge on any atom is -0.481 e. The molecule has 8 heteroatoms. The number of alkyl carbamates (subject to hydrolysis) is 1. The van der Waals surface area contributed by atoms with Gasteiger partial charge in [0.05, 0.1) is 18.4 Å². The lowest BCUT2D eigenvalue weighted by molar-refractivity contribution is -0.141. The monoisotopic (exact) mass is 450 g/mol. The van der Waals surface area contributed by atoms with Gasteiger partial charge >= 0.3 is 12.1 Å². The van der Waals surface area contributed by atoms with Gasteiger partial charge in [-0.25, -0.2) is 4.79 Å². The molecule has 1 saturated heterocycles. The molecule has 33 heavy (non-hydrogen) atoms. The summed E-state index contributed by atoms with van der Waals surface area (Å²) in [5, 5.41) is 21.8. The second-order valence-corrected chi connectivity index (χ2v) is 9.05. The van der Waals surface area contributed by atoms with Crippen molar-refractivity contribution in [2.24, 2.45) is 17.8 Å². The van der Waals surface area contributed by atoms with Crippen LogP contribution in [0.1, 0.15) is 23.5 Å². The average molecular weight is 450 g/mol. The Hall–Kier alpha value is -3.39. The third-order valence-corrected chi connectivity index (χ3v) is 7.07. The molecule has 3 N–H and O–H groups in total. The molecule has 1 heterocycles. The molecule has 2 aromatic carbocycles. The first kappa shape index (κ1) is 21.5. The van der Waals surface area contributed by atoms with Crippen LogP contribution in [-0.4, -0.2) is 65.4 Å². The van der Waals surface area contributed by atoms with Gasteiger partial charge in [-0.1, -0.05) is 48.5 Å². The summed E-state index contributed by atoms with van der Waals surface area (Å²) in [4.78, 5) is 37.2. The van der Waals surface area contributed by atoms with E-state index in [9.17, 15) is 19.5 Å². The summed E-state index contributed by atoms with van der Waals surface area (Å²) in [6.07, 6.45) is -1.80. The van der Waals surface area contributed by atoms with Crippen molar-refractivity contribution in [1.29, 1.82) is 0 Å². The maximum atomic E-state index is 12.4. The second kappa shape index (κ2) is 8.51. The van der Waals surface area contributed by atoms with Gasteiger partial charge in [-0.3, -0.25) is 9.59 Å². The van der Waals surface area contributed by atoms with E-state index in [1.807, 2.05) is 36.4 Å². The SMILES string of the molecule is O=C(NCC(O)CC(=O)N1C[C@@H]2C(C(=O)O)[C@@H]2C1)OCC1c2ccccc2-c2ccccc21. The number of carboxylic acids is 1. The Balaban J connectivity index is 1.07. The Morgan fingerprint density at radius 1 is 1.00 bits per heavy atom. The number of nitrogens with one attached hydrogen (secondary N) is 1. The van der Waals surface area contributed by atoms with Crippen LogP contribution < -0.4 is 5.32 Å². The highest BCUT2D eigenvalue weighted by atomic mass is 16.5. The molecular weight excluding hydrogens is 424 g/mol. The number of aliphatic hydroxyl groups excluding tert-OH is 1. The van der Waals surface area contributed by atoms with E-state index in [-0.39, 0.29) is 49.2 Å². The van der Waals surface area contributed by atoms with Gasteiger partial charge in [0.25, 0.3) is 0 Å². The number of ether oxygens (including phenoxy) is 1. The minimum absolute atomic E-state index is 0.0301. The number of aliphatic carboxylic acids is 1. The van der Waals surface area contributed by atoms with Crippen LogP contribution in [0.5, 0.6) is 0 Å². The third-order valence-electron chi connectivity index (χ3n) is 7.07. The van der Waals surface area contributed by atoms with E-state index in [1.165, 1.54) is 0 Å². The molecule has 5 rings (SSSR count). The molecule has 4 atom stereocenters. The summed E-state index contributed by atoms with van der Waals surface area (Å²) in [6, 6.07) is 16.1. The molecule has 2 fully saturated rings. The number of carboxylic acid groups (broad SMARTS) is 1. The number of carbonyl (C=O) groups excluding carboxylic acids is 2. The lowest BCUT2D eigenvalue weighted by Gasteiger charge is -2.21. The smallest absolute Gasteiger partial charge is 0.407 e. The summed E-state index contributed by atoms with van der Waals surface area (Å²) in [7, 11) is 0. The molecule has 1 aliphatic heterocycles. The number of piperidine rings is 1. The van der Waals surface area contributed by atoms with Crippen LogP contribution in [0.25, 0.3) is 11.1 Å². The Labute approximate surface area is 191 Å². The first-order chi connectivity index (χ1) is 15.9. The van der Waals surface area contributed by atoms with Gasteiger partial charge in [0.15, 0.2) is 0 Å². The Morgan fingerprint density at radius 2 is 1.58 bits per heavy atom. The normalized spacial score (nSPS) is 23.3. The van der Waals surface area contributed by atoms with Crippen LogP contribution in [-0.2, 0) is 14.3 Å². The summed E-state index contributed by atoms with van der Waals surface area (Å²) < 4.78 is 5.44. The average Bonchev–Trinajstić information content (AvgIpc) is 3.16. The van der Waals surface area contributed by atoms with E-state index in [2.05, 4.69) is 17.4 Å². The van der Waals surface area contributed by atoms with E-state index in [0.717, 1.165) is 22.3 Å². The quantitative estimate of drug-likeness (QED) is 0.595. The number of fused-ring (bicyclic) bond motifs is 4. The molecule has 0 bridgehead atoms. The predicted molar refractivity (Wildman–Crippen MR) is 118 cm³/mol. The number of rotatable bonds is 7. The minimum atomic E-state index is -1.04. The summed E-state index contributed by atoms with van der Waals surface area (Å²) in [5.41, 5.74) is 4.52. The van der Waals surface area contributed by atoms with E-state index in [1.54, 1.807) is 4.90 Å². The zero-order valence-electron chi connectivity index (χ0n) is 18.0. The largest absolute Gasteiger partial charge is 0.481 e. The fourth-order valence-electron chi connectivity index (χ4n) is 5.35. The number of carbonyl (C=O) groups is 3. The third kappa shape index (κ3) is 4.06. The second-order valence-electron chi connectivity index (χ2n) is 9.05. The molecule has 2 aliphatic carbocycles. The van der Waals surface area contributed by atoms with Crippen molar-refractivity contribution in [2.75, 3.05) is 26.2 Å². The van der Waals surface area contributed by atoms with Crippen molar-refractivity contribution >= 4 is 18.0 Å². The Bertz CT molecular complexity index is 1040. The van der Waals surface area contributed by atoms with Crippen LogP contribution in [0.2, 0.25) is 0 Å². The molecule has 0 radical (unpaired) electrons. The molecule has 3 aliphatic rings. The molecule has 172 valence electrons. The van der Waals surface area contributed by atoms with Crippen LogP contribution in [0, 0.1) is 17.8 Å². The maximum Gasteiger partial charge on any atom is 0.407 e. The van der Waals surface area contributed by atoms with Gasteiger partial charge < -0.3 is 25.2 Å². The molecule has 2 amide bonds. The van der Waals surface area contributed by atoms with E-state index in [0.29, 0.717) is 13.1 Å². The fourth-order valence-corrected chi connectivity index (χ4v) is 5.35. The number of nitrogens with zero attached hydrogens (tertiary/aromatic N) is 1. The summed E-state index contributed by atoms with van der Waals surface area (Å²) in [6.45, 7) is 0.928. The molecule has 0 aromatic heterocycles. The summed E-state index contributed by atoms with van der Waals surface area (Å²) in [5.74, 6) is -1.36. The van der Waals surface area contributed by atoms with Gasteiger partial charge in [0, 0.05) is 25.6 Å². The Morgan fingerprint density at radius 3 is 2.15 bits per heavy atom. The number of amides is 2. The van der Waals surface area contributed by atoms with Crippen LogP contribution in [0.4, 0.5) is 4.79 Å². The van der Waals surface area contributed by atoms with Crippen molar-refractivity contribution < 1.29 is 29.3 Å². The van der Waals surface area contributed by atoms with E-state index >= 15 is 0 Å². The molecular formula is C25H26N2O6.